The second kappa shape index (κ2) is 7.12. The molecule has 2 amide bonds. The summed E-state index contributed by atoms with van der Waals surface area (Å²) in [5.41, 5.74) is 0.540. The van der Waals surface area contributed by atoms with E-state index in [-0.39, 0.29) is 5.91 Å². The van der Waals surface area contributed by atoms with E-state index in [4.69, 9.17) is 0 Å². The van der Waals surface area contributed by atoms with Crippen molar-refractivity contribution in [3.63, 3.8) is 0 Å². The molecule has 25 heavy (non-hydrogen) atoms. The second-order valence-electron chi connectivity index (χ2n) is 7.50. The summed E-state index contributed by atoms with van der Waals surface area (Å²) in [7, 11) is 0. The lowest BCUT2D eigenvalue weighted by atomic mass is 9.95. The van der Waals surface area contributed by atoms with E-state index in [2.05, 4.69) is 9.88 Å². The van der Waals surface area contributed by atoms with E-state index >= 15 is 0 Å². The first-order valence-electron chi connectivity index (χ1n) is 9.43. The predicted octanol–water partition coefficient (Wildman–Crippen LogP) is 1.24. The van der Waals surface area contributed by atoms with E-state index < -0.39 is 0 Å². The SMILES string of the molecule is O=C1CCCN1CCN1CC2CCC1CN(C(=O)c1ccccn1)C2. The molecule has 1 aromatic rings. The molecular weight excluding hydrogens is 316 g/mol. The molecule has 4 aliphatic heterocycles. The highest BCUT2D eigenvalue weighted by Crippen LogP contribution is 2.28. The molecule has 2 bridgehead atoms. The van der Waals surface area contributed by atoms with E-state index in [9.17, 15) is 9.59 Å². The standard InChI is InChI=1S/C19H26N4O2/c24-18-5-3-9-21(18)10-11-22-12-15-6-7-16(22)14-23(13-15)19(25)17-4-1-2-8-20-17/h1-2,4,8,15-16H,3,5-7,9-14H2. The van der Waals surface area contributed by atoms with Gasteiger partial charge in [-0.15, -0.1) is 0 Å². The van der Waals surface area contributed by atoms with Crippen molar-refractivity contribution in [2.75, 3.05) is 39.3 Å². The van der Waals surface area contributed by atoms with Gasteiger partial charge in [-0.3, -0.25) is 19.5 Å². The molecule has 6 nitrogen and oxygen atoms in total. The van der Waals surface area contributed by atoms with Crippen molar-refractivity contribution in [3.05, 3.63) is 30.1 Å². The average molecular weight is 342 g/mol. The molecule has 5 rings (SSSR count). The third-order valence-corrected chi connectivity index (χ3v) is 5.83. The maximum Gasteiger partial charge on any atom is 0.272 e. The van der Waals surface area contributed by atoms with Crippen LogP contribution in [0.1, 0.15) is 36.2 Å². The van der Waals surface area contributed by atoms with Crippen molar-refractivity contribution in [1.29, 1.82) is 0 Å². The van der Waals surface area contributed by atoms with Crippen LogP contribution >= 0.6 is 0 Å². The highest BCUT2D eigenvalue weighted by Gasteiger charge is 2.37. The van der Waals surface area contributed by atoms with Gasteiger partial charge < -0.3 is 9.80 Å². The van der Waals surface area contributed by atoms with Crippen LogP contribution in [0.15, 0.2) is 24.4 Å². The topological polar surface area (TPSA) is 56.8 Å². The van der Waals surface area contributed by atoms with Gasteiger partial charge in [0, 0.05) is 57.9 Å². The highest BCUT2D eigenvalue weighted by atomic mass is 16.2. The van der Waals surface area contributed by atoms with Crippen LogP contribution in [0.4, 0.5) is 0 Å². The zero-order valence-corrected chi connectivity index (χ0v) is 14.6. The zero-order valence-electron chi connectivity index (χ0n) is 14.6. The molecule has 0 saturated carbocycles. The molecule has 4 aliphatic rings. The van der Waals surface area contributed by atoms with Gasteiger partial charge >= 0.3 is 0 Å². The molecule has 134 valence electrons. The first-order valence-corrected chi connectivity index (χ1v) is 9.43. The number of hydrogen-bond donors (Lipinski definition) is 0. The van der Waals surface area contributed by atoms with Crippen LogP contribution < -0.4 is 0 Å². The third kappa shape index (κ3) is 3.54. The molecule has 4 saturated heterocycles. The number of carbonyl (C=O) groups excluding carboxylic acids is 2. The van der Waals surface area contributed by atoms with Gasteiger partial charge in [0.2, 0.25) is 5.91 Å². The minimum absolute atomic E-state index is 0.0501. The lowest BCUT2D eigenvalue weighted by Crippen LogP contribution is -2.47. The van der Waals surface area contributed by atoms with Crippen LogP contribution in [0.2, 0.25) is 0 Å². The summed E-state index contributed by atoms with van der Waals surface area (Å²) < 4.78 is 0. The number of aromatic nitrogens is 1. The van der Waals surface area contributed by atoms with Crippen molar-refractivity contribution in [1.82, 2.24) is 19.7 Å². The van der Waals surface area contributed by atoms with Crippen molar-refractivity contribution in [2.24, 2.45) is 5.92 Å². The van der Waals surface area contributed by atoms with Crippen molar-refractivity contribution in [3.8, 4) is 0 Å². The maximum atomic E-state index is 12.8. The number of fused-ring (bicyclic) bond motifs is 4. The molecule has 6 heteroatoms. The minimum Gasteiger partial charge on any atom is -0.341 e. The summed E-state index contributed by atoms with van der Waals surface area (Å²) >= 11 is 0. The van der Waals surface area contributed by atoms with Gasteiger partial charge in [-0.05, 0) is 37.3 Å². The summed E-state index contributed by atoms with van der Waals surface area (Å²) in [6, 6.07) is 5.91. The molecule has 2 unspecified atom stereocenters. The van der Waals surface area contributed by atoms with Crippen LogP contribution in [0.5, 0.6) is 0 Å². The first kappa shape index (κ1) is 16.5. The second-order valence-corrected chi connectivity index (χ2v) is 7.50. The van der Waals surface area contributed by atoms with Gasteiger partial charge in [-0.1, -0.05) is 6.07 Å². The number of likely N-dealkylation sites (tertiary alicyclic amines) is 1. The average Bonchev–Trinajstić information content (AvgIpc) is 2.85. The third-order valence-electron chi connectivity index (χ3n) is 5.83. The van der Waals surface area contributed by atoms with Gasteiger partial charge in [0.15, 0.2) is 0 Å². The van der Waals surface area contributed by atoms with E-state index in [1.54, 1.807) is 12.3 Å². The monoisotopic (exact) mass is 342 g/mol. The number of carbonyl (C=O) groups is 2. The molecule has 2 atom stereocenters. The Morgan fingerprint density at radius 3 is 2.84 bits per heavy atom. The van der Waals surface area contributed by atoms with E-state index in [0.717, 1.165) is 52.1 Å². The number of nitrogens with zero attached hydrogens (tertiary/aromatic N) is 4. The fourth-order valence-electron chi connectivity index (χ4n) is 4.46. The van der Waals surface area contributed by atoms with Crippen LogP contribution in [-0.4, -0.2) is 76.8 Å². The van der Waals surface area contributed by atoms with Crippen molar-refractivity contribution in [2.45, 2.75) is 31.7 Å². The Balaban J connectivity index is 1.40. The largest absolute Gasteiger partial charge is 0.341 e. The molecule has 4 fully saturated rings. The highest BCUT2D eigenvalue weighted by molar-refractivity contribution is 5.92. The zero-order chi connectivity index (χ0) is 17.2. The van der Waals surface area contributed by atoms with Gasteiger partial charge in [0.25, 0.3) is 5.91 Å². The van der Waals surface area contributed by atoms with Gasteiger partial charge in [0.05, 0.1) is 0 Å². The van der Waals surface area contributed by atoms with Crippen LogP contribution in [-0.2, 0) is 4.79 Å². The molecule has 0 aromatic carbocycles. The Hall–Kier alpha value is -1.95. The van der Waals surface area contributed by atoms with E-state index in [1.807, 2.05) is 21.9 Å². The maximum absolute atomic E-state index is 12.8. The molecule has 0 N–H and O–H groups in total. The molecule has 1 aromatic heterocycles. The van der Waals surface area contributed by atoms with Crippen LogP contribution in [0, 0.1) is 5.92 Å². The summed E-state index contributed by atoms with van der Waals surface area (Å²) in [5.74, 6) is 0.877. The van der Waals surface area contributed by atoms with Gasteiger partial charge in [0.1, 0.15) is 5.69 Å². The quantitative estimate of drug-likeness (QED) is 0.826. The van der Waals surface area contributed by atoms with Crippen molar-refractivity contribution < 1.29 is 9.59 Å². The lowest BCUT2D eigenvalue weighted by molar-refractivity contribution is -0.128. The molecule has 0 radical (unpaired) electrons. The number of amides is 2. The van der Waals surface area contributed by atoms with Gasteiger partial charge in [-0.2, -0.15) is 0 Å². The van der Waals surface area contributed by atoms with Crippen LogP contribution in [0.3, 0.4) is 0 Å². The van der Waals surface area contributed by atoms with Crippen molar-refractivity contribution >= 4 is 11.8 Å². The fourth-order valence-corrected chi connectivity index (χ4v) is 4.46. The number of pyridine rings is 1. The minimum atomic E-state index is 0.0501. The molecule has 0 aliphatic carbocycles. The number of rotatable bonds is 4. The fraction of sp³-hybridized carbons (Fsp3) is 0.632. The van der Waals surface area contributed by atoms with E-state index in [1.165, 1.54) is 6.42 Å². The molecule has 5 heterocycles. The van der Waals surface area contributed by atoms with Gasteiger partial charge in [-0.25, -0.2) is 0 Å². The Morgan fingerprint density at radius 2 is 2.08 bits per heavy atom. The Kier molecular flexibility index (Phi) is 4.70. The predicted molar refractivity (Wildman–Crippen MR) is 94.0 cm³/mol. The Labute approximate surface area is 148 Å². The summed E-state index contributed by atoms with van der Waals surface area (Å²) in [5, 5.41) is 0. The number of hydrogen-bond acceptors (Lipinski definition) is 4. The van der Waals surface area contributed by atoms with E-state index in [0.29, 0.717) is 30.0 Å². The smallest absolute Gasteiger partial charge is 0.272 e. The Bertz CT molecular complexity index is 636. The summed E-state index contributed by atoms with van der Waals surface area (Å²) in [6.45, 7) is 5.31. The lowest BCUT2D eigenvalue weighted by Gasteiger charge is -2.36. The summed E-state index contributed by atoms with van der Waals surface area (Å²) in [4.78, 5) is 35.3. The molecular formula is C19H26N4O2. The van der Waals surface area contributed by atoms with Crippen LogP contribution in [0.25, 0.3) is 0 Å². The molecule has 0 spiro atoms. The number of piperidine rings is 1. The first-order chi connectivity index (χ1) is 12.2. The normalized spacial score (nSPS) is 27.0. The summed E-state index contributed by atoms with van der Waals surface area (Å²) in [6.07, 6.45) is 5.72. The Morgan fingerprint density at radius 1 is 1.16 bits per heavy atom.